The van der Waals surface area contributed by atoms with Gasteiger partial charge in [0.05, 0.1) is 5.69 Å². The van der Waals surface area contributed by atoms with E-state index in [1.165, 1.54) is 17.0 Å². The lowest BCUT2D eigenvalue weighted by Gasteiger charge is -2.04. The molecule has 1 aromatic heterocycles. The number of rotatable bonds is 3. The van der Waals surface area contributed by atoms with Crippen molar-refractivity contribution in [2.45, 2.75) is 47.1 Å². The van der Waals surface area contributed by atoms with Gasteiger partial charge in [0.15, 0.2) is 0 Å². The summed E-state index contributed by atoms with van der Waals surface area (Å²) in [4.78, 5) is 0. The predicted octanol–water partition coefficient (Wildman–Crippen LogP) is 2.22. The lowest BCUT2D eigenvalue weighted by Crippen LogP contribution is -2.05. The molecule has 0 bridgehead atoms. The summed E-state index contributed by atoms with van der Waals surface area (Å²) in [5.41, 5.74) is 10.2. The summed E-state index contributed by atoms with van der Waals surface area (Å²) < 4.78 is 2.10. The maximum absolute atomic E-state index is 5.85. The Morgan fingerprint density at radius 3 is 2.38 bits per heavy atom. The van der Waals surface area contributed by atoms with Crippen molar-refractivity contribution in [3.8, 4) is 0 Å². The highest BCUT2D eigenvalue weighted by Crippen LogP contribution is 2.64. The maximum Gasteiger partial charge on any atom is 0.0631 e. The second-order valence-corrected chi connectivity index (χ2v) is 5.54. The van der Waals surface area contributed by atoms with E-state index in [1.54, 1.807) is 0 Å². The van der Waals surface area contributed by atoms with Crippen molar-refractivity contribution >= 4 is 0 Å². The van der Waals surface area contributed by atoms with Gasteiger partial charge < -0.3 is 5.73 Å². The van der Waals surface area contributed by atoms with Crippen molar-refractivity contribution in [2.24, 2.45) is 17.1 Å². The van der Waals surface area contributed by atoms with E-state index in [4.69, 9.17) is 5.73 Å². The van der Waals surface area contributed by atoms with Crippen LogP contribution < -0.4 is 5.73 Å². The molecule has 1 heterocycles. The molecule has 1 aliphatic carbocycles. The van der Waals surface area contributed by atoms with Crippen LogP contribution in [0, 0.1) is 25.2 Å². The number of hydrogen-bond donors (Lipinski definition) is 1. The molecule has 1 aliphatic rings. The number of hydrogen-bond acceptors (Lipinski definition) is 2. The highest BCUT2D eigenvalue weighted by atomic mass is 15.3. The highest BCUT2D eigenvalue weighted by molar-refractivity contribution is 5.38. The monoisotopic (exact) mass is 221 g/mol. The minimum Gasteiger partial charge on any atom is -0.330 e. The van der Waals surface area contributed by atoms with Crippen molar-refractivity contribution in [1.29, 1.82) is 0 Å². The minimum absolute atomic E-state index is 0.353. The van der Waals surface area contributed by atoms with E-state index >= 15 is 0 Å². The summed E-state index contributed by atoms with van der Waals surface area (Å²) in [6, 6.07) is 0. The molecule has 1 saturated carbocycles. The third kappa shape index (κ3) is 1.41. The van der Waals surface area contributed by atoms with Gasteiger partial charge in [-0.15, -0.1) is 0 Å². The summed E-state index contributed by atoms with van der Waals surface area (Å²) in [6.45, 7) is 12.8. The van der Waals surface area contributed by atoms with Gasteiger partial charge in [0.1, 0.15) is 0 Å². The average Bonchev–Trinajstić information content (AvgIpc) is 2.63. The third-order valence-electron chi connectivity index (χ3n) is 4.35. The summed E-state index contributed by atoms with van der Waals surface area (Å²) in [5, 5.41) is 4.60. The molecule has 0 saturated heterocycles. The molecule has 0 amide bonds. The fraction of sp³-hybridized carbons (Fsp3) is 0.769. The molecule has 16 heavy (non-hydrogen) atoms. The van der Waals surface area contributed by atoms with Crippen LogP contribution in [0.2, 0.25) is 0 Å². The molecule has 2 N–H and O–H groups in total. The van der Waals surface area contributed by atoms with Gasteiger partial charge in [0.25, 0.3) is 0 Å². The lowest BCUT2D eigenvalue weighted by atomic mass is 10.0. The lowest BCUT2D eigenvalue weighted by molar-refractivity contribution is 0.558. The normalized spacial score (nSPS) is 27.1. The van der Waals surface area contributed by atoms with Gasteiger partial charge in [0, 0.05) is 12.2 Å². The first-order valence-electron chi connectivity index (χ1n) is 6.19. The van der Waals surface area contributed by atoms with Crippen molar-refractivity contribution in [1.82, 2.24) is 9.78 Å². The molecule has 2 atom stereocenters. The summed E-state index contributed by atoms with van der Waals surface area (Å²) in [6.07, 6.45) is 0. The maximum atomic E-state index is 5.85. The molecule has 3 heteroatoms. The molecule has 0 aliphatic heterocycles. The number of aryl methyl sites for hydroxylation is 2. The van der Waals surface area contributed by atoms with Crippen LogP contribution in [0.25, 0.3) is 0 Å². The third-order valence-corrected chi connectivity index (χ3v) is 4.35. The van der Waals surface area contributed by atoms with E-state index in [1.807, 2.05) is 0 Å². The van der Waals surface area contributed by atoms with Crippen LogP contribution in [0.3, 0.4) is 0 Å². The zero-order chi connectivity index (χ0) is 12.1. The van der Waals surface area contributed by atoms with E-state index < -0.39 is 0 Å². The van der Waals surface area contributed by atoms with Crippen LogP contribution in [-0.4, -0.2) is 16.3 Å². The fourth-order valence-corrected chi connectivity index (χ4v) is 3.23. The average molecular weight is 221 g/mol. The van der Waals surface area contributed by atoms with Crippen molar-refractivity contribution < 1.29 is 0 Å². The van der Waals surface area contributed by atoms with Gasteiger partial charge in [0.2, 0.25) is 0 Å². The summed E-state index contributed by atoms with van der Waals surface area (Å²) in [7, 11) is 0. The smallest absolute Gasteiger partial charge is 0.0631 e. The Labute approximate surface area is 98.0 Å². The van der Waals surface area contributed by atoms with Crippen molar-refractivity contribution in [3.63, 3.8) is 0 Å². The van der Waals surface area contributed by atoms with E-state index in [9.17, 15) is 0 Å². The SMILES string of the molecule is CCn1nc(C)c(C2C(CN)C2(C)C)c1C. The first kappa shape index (κ1) is 11.6. The number of aromatic nitrogens is 2. The van der Waals surface area contributed by atoms with Gasteiger partial charge >= 0.3 is 0 Å². The van der Waals surface area contributed by atoms with Crippen molar-refractivity contribution in [2.75, 3.05) is 6.54 Å². The van der Waals surface area contributed by atoms with Gasteiger partial charge in [-0.2, -0.15) is 5.10 Å². The zero-order valence-electron chi connectivity index (χ0n) is 11.0. The van der Waals surface area contributed by atoms with Gasteiger partial charge in [-0.05, 0) is 50.1 Å². The Morgan fingerprint density at radius 1 is 1.38 bits per heavy atom. The molecular weight excluding hydrogens is 198 g/mol. The van der Waals surface area contributed by atoms with Gasteiger partial charge in [-0.25, -0.2) is 0 Å². The molecule has 0 radical (unpaired) electrons. The van der Waals surface area contributed by atoms with Gasteiger partial charge in [-0.1, -0.05) is 13.8 Å². The Balaban J connectivity index is 2.39. The molecule has 3 nitrogen and oxygen atoms in total. The number of nitrogens with zero attached hydrogens (tertiary/aromatic N) is 2. The van der Waals surface area contributed by atoms with Crippen LogP contribution in [0.15, 0.2) is 0 Å². The zero-order valence-corrected chi connectivity index (χ0v) is 11.0. The molecule has 90 valence electrons. The van der Waals surface area contributed by atoms with Crippen molar-refractivity contribution in [3.05, 3.63) is 17.0 Å². The summed E-state index contributed by atoms with van der Waals surface area (Å²) in [5.74, 6) is 1.23. The Bertz CT molecular complexity index is 404. The molecule has 1 fully saturated rings. The van der Waals surface area contributed by atoms with E-state index in [0.717, 1.165) is 13.1 Å². The Kier molecular flexibility index (Phi) is 2.61. The molecule has 1 aromatic rings. The predicted molar refractivity (Wildman–Crippen MR) is 66.4 cm³/mol. The molecule has 0 aromatic carbocycles. The molecule has 2 rings (SSSR count). The Hall–Kier alpha value is -0.830. The molecule has 2 unspecified atom stereocenters. The molecular formula is C13H23N3. The van der Waals surface area contributed by atoms with Crippen LogP contribution in [-0.2, 0) is 6.54 Å². The van der Waals surface area contributed by atoms with E-state index in [2.05, 4.69) is 44.4 Å². The quantitative estimate of drug-likeness (QED) is 0.850. The van der Waals surface area contributed by atoms with Crippen LogP contribution in [0.5, 0.6) is 0 Å². The van der Waals surface area contributed by atoms with E-state index in [0.29, 0.717) is 17.3 Å². The van der Waals surface area contributed by atoms with Gasteiger partial charge in [-0.3, -0.25) is 4.68 Å². The van der Waals surface area contributed by atoms with Crippen LogP contribution in [0.4, 0.5) is 0 Å². The largest absolute Gasteiger partial charge is 0.330 e. The standard InChI is InChI=1S/C13H23N3/c1-6-16-9(3)11(8(2)15-16)12-10(7-14)13(12,4)5/h10,12H,6-7,14H2,1-5H3. The first-order chi connectivity index (χ1) is 7.45. The second-order valence-electron chi connectivity index (χ2n) is 5.54. The van der Waals surface area contributed by atoms with Crippen LogP contribution in [0.1, 0.15) is 43.6 Å². The summed E-state index contributed by atoms with van der Waals surface area (Å²) >= 11 is 0. The van der Waals surface area contributed by atoms with Crippen LogP contribution >= 0.6 is 0 Å². The number of nitrogens with two attached hydrogens (primary N) is 1. The molecule has 0 spiro atoms. The van der Waals surface area contributed by atoms with E-state index in [-0.39, 0.29) is 0 Å². The minimum atomic E-state index is 0.353. The second kappa shape index (κ2) is 3.59. The fourth-order valence-electron chi connectivity index (χ4n) is 3.23. The Morgan fingerprint density at radius 2 is 2.00 bits per heavy atom. The highest BCUT2D eigenvalue weighted by Gasteiger charge is 2.58. The first-order valence-corrected chi connectivity index (χ1v) is 6.19. The topological polar surface area (TPSA) is 43.8 Å².